The fourth-order valence-corrected chi connectivity index (χ4v) is 2.29. The summed E-state index contributed by atoms with van der Waals surface area (Å²) < 4.78 is 11.9. The topological polar surface area (TPSA) is 59.7 Å². The molecule has 0 spiro atoms. The van der Waals surface area contributed by atoms with Gasteiger partial charge in [0, 0.05) is 10.0 Å². The average molecular weight is 339 g/mol. The molecule has 2 aromatic rings. The summed E-state index contributed by atoms with van der Waals surface area (Å²) in [5, 5.41) is 8.88. The van der Waals surface area contributed by atoms with Crippen LogP contribution in [0.2, 0.25) is 0 Å². The lowest BCUT2D eigenvalue weighted by Crippen LogP contribution is -1.98. The van der Waals surface area contributed by atoms with Crippen LogP contribution in [0.4, 0.5) is 0 Å². The molecule has 106 valence electrons. The van der Waals surface area contributed by atoms with E-state index in [-0.39, 0.29) is 12.4 Å². The quantitative estimate of drug-likeness (QED) is 0.905. The second-order valence-corrected chi connectivity index (χ2v) is 5.51. The van der Waals surface area contributed by atoms with E-state index in [1.807, 2.05) is 26.0 Å². The largest absolute Gasteiger partial charge is 0.488 e. The Morgan fingerprint density at radius 2 is 1.95 bits per heavy atom. The standard InChI is InChI=1S/C15H15BrO4/c1-8-5-13(9(2)4-12(8)16)19-7-11-6-14(15(17)18)20-10(11)3/h4-6H,7H2,1-3H3,(H,17,18). The number of hydrogen-bond donors (Lipinski definition) is 1. The van der Waals surface area contributed by atoms with Crippen LogP contribution in [-0.4, -0.2) is 11.1 Å². The van der Waals surface area contributed by atoms with Crippen molar-refractivity contribution in [3.63, 3.8) is 0 Å². The van der Waals surface area contributed by atoms with Crippen LogP contribution in [-0.2, 0) is 6.61 Å². The molecule has 4 nitrogen and oxygen atoms in total. The van der Waals surface area contributed by atoms with Gasteiger partial charge in [0.05, 0.1) is 0 Å². The second kappa shape index (κ2) is 5.71. The van der Waals surface area contributed by atoms with E-state index in [1.54, 1.807) is 6.92 Å². The fraction of sp³-hybridized carbons (Fsp3) is 0.267. The maximum atomic E-state index is 10.8. The van der Waals surface area contributed by atoms with Crippen molar-refractivity contribution in [2.75, 3.05) is 0 Å². The first-order valence-corrected chi connectivity index (χ1v) is 6.90. The van der Waals surface area contributed by atoms with Gasteiger partial charge in [0.15, 0.2) is 0 Å². The normalized spacial score (nSPS) is 10.6. The van der Waals surface area contributed by atoms with E-state index in [9.17, 15) is 4.79 Å². The zero-order valence-corrected chi connectivity index (χ0v) is 13.1. The summed E-state index contributed by atoms with van der Waals surface area (Å²) in [4.78, 5) is 10.8. The van der Waals surface area contributed by atoms with Crippen molar-refractivity contribution in [2.24, 2.45) is 0 Å². The van der Waals surface area contributed by atoms with Crippen LogP contribution in [0.1, 0.15) is 33.0 Å². The smallest absolute Gasteiger partial charge is 0.371 e. The lowest BCUT2D eigenvalue weighted by atomic mass is 10.1. The zero-order chi connectivity index (χ0) is 14.9. The first-order valence-electron chi connectivity index (χ1n) is 6.10. The van der Waals surface area contributed by atoms with Crippen molar-refractivity contribution >= 4 is 21.9 Å². The van der Waals surface area contributed by atoms with Crippen molar-refractivity contribution in [3.8, 4) is 5.75 Å². The summed E-state index contributed by atoms with van der Waals surface area (Å²) in [7, 11) is 0. The summed E-state index contributed by atoms with van der Waals surface area (Å²) in [6.07, 6.45) is 0. The number of carbonyl (C=O) groups is 1. The predicted octanol–water partition coefficient (Wildman–Crippen LogP) is 4.24. The van der Waals surface area contributed by atoms with Gasteiger partial charge in [-0.15, -0.1) is 0 Å². The number of hydrogen-bond acceptors (Lipinski definition) is 3. The monoisotopic (exact) mass is 338 g/mol. The SMILES string of the molecule is Cc1cc(OCc2cc(C(=O)O)oc2C)c(C)cc1Br. The minimum Gasteiger partial charge on any atom is -0.488 e. The molecule has 0 atom stereocenters. The Hall–Kier alpha value is -1.75. The van der Waals surface area contributed by atoms with Gasteiger partial charge in [-0.05, 0) is 50.1 Å². The average Bonchev–Trinajstić information content (AvgIpc) is 2.74. The highest BCUT2D eigenvalue weighted by Crippen LogP contribution is 2.27. The van der Waals surface area contributed by atoms with Gasteiger partial charge < -0.3 is 14.3 Å². The third-order valence-electron chi connectivity index (χ3n) is 3.07. The lowest BCUT2D eigenvalue weighted by molar-refractivity contribution is 0.0661. The molecule has 20 heavy (non-hydrogen) atoms. The fourth-order valence-electron chi connectivity index (χ4n) is 1.83. The maximum absolute atomic E-state index is 10.8. The molecular weight excluding hydrogens is 324 g/mol. The van der Waals surface area contributed by atoms with E-state index >= 15 is 0 Å². The number of ether oxygens (including phenoxy) is 1. The molecule has 0 amide bonds. The van der Waals surface area contributed by atoms with E-state index in [2.05, 4.69) is 15.9 Å². The van der Waals surface area contributed by atoms with Gasteiger partial charge >= 0.3 is 5.97 Å². The Labute approximate surface area is 125 Å². The lowest BCUT2D eigenvalue weighted by Gasteiger charge is -2.10. The van der Waals surface area contributed by atoms with Crippen molar-refractivity contribution in [1.29, 1.82) is 0 Å². The third kappa shape index (κ3) is 3.04. The highest BCUT2D eigenvalue weighted by molar-refractivity contribution is 9.10. The Kier molecular flexibility index (Phi) is 4.18. The minimum atomic E-state index is -1.07. The van der Waals surface area contributed by atoms with Crippen LogP contribution >= 0.6 is 15.9 Å². The van der Waals surface area contributed by atoms with Crippen molar-refractivity contribution in [1.82, 2.24) is 0 Å². The Bertz CT molecular complexity index is 658. The molecule has 0 radical (unpaired) electrons. The van der Waals surface area contributed by atoms with E-state index in [1.165, 1.54) is 6.07 Å². The number of carboxylic acids is 1. The van der Waals surface area contributed by atoms with Gasteiger partial charge in [-0.25, -0.2) is 4.79 Å². The molecule has 0 aliphatic carbocycles. The summed E-state index contributed by atoms with van der Waals surface area (Å²) in [6, 6.07) is 5.45. The molecule has 2 rings (SSSR count). The third-order valence-corrected chi connectivity index (χ3v) is 3.93. The number of rotatable bonds is 4. The van der Waals surface area contributed by atoms with E-state index < -0.39 is 5.97 Å². The second-order valence-electron chi connectivity index (χ2n) is 4.65. The molecule has 5 heteroatoms. The number of halogens is 1. The van der Waals surface area contributed by atoms with Crippen molar-refractivity contribution in [2.45, 2.75) is 27.4 Å². The molecule has 0 saturated heterocycles. The van der Waals surface area contributed by atoms with Crippen LogP contribution in [0, 0.1) is 20.8 Å². The molecule has 0 aliphatic heterocycles. The molecular formula is C15H15BrO4. The van der Waals surface area contributed by atoms with Crippen LogP contribution in [0.5, 0.6) is 5.75 Å². The van der Waals surface area contributed by atoms with Gasteiger partial charge in [-0.1, -0.05) is 15.9 Å². The summed E-state index contributed by atoms with van der Waals surface area (Å²) in [6.45, 7) is 5.96. The van der Waals surface area contributed by atoms with E-state index in [0.717, 1.165) is 26.9 Å². The van der Waals surface area contributed by atoms with Gasteiger partial charge in [0.25, 0.3) is 0 Å². The van der Waals surface area contributed by atoms with Crippen LogP contribution in [0.3, 0.4) is 0 Å². The van der Waals surface area contributed by atoms with Crippen LogP contribution in [0.15, 0.2) is 27.1 Å². The molecule has 0 unspecified atom stereocenters. The van der Waals surface area contributed by atoms with Crippen molar-refractivity contribution < 1.29 is 19.1 Å². The van der Waals surface area contributed by atoms with Gasteiger partial charge in [0.2, 0.25) is 5.76 Å². The molecule has 1 aromatic carbocycles. The molecule has 0 aliphatic rings. The first-order chi connectivity index (χ1) is 9.38. The molecule has 1 aromatic heterocycles. The highest BCUT2D eigenvalue weighted by atomic mass is 79.9. The molecule has 0 bridgehead atoms. The summed E-state index contributed by atoms with van der Waals surface area (Å²) in [5.74, 6) is 0.205. The molecule has 1 N–H and O–H groups in total. The predicted molar refractivity (Wildman–Crippen MR) is 78.4 cm³/mol. The summed E-state index contributed by atoms with van der Waals surface area (Å²) in [5.41, 5.74) is 2.84. The molecule has 0 saturated carbocycles. The van der Waals surface area contributed by atoms with Crippen LogP contribution < -0.4 is 4.74 Å². The van der Waals surface area contributed by atoms with E-state index in [4.69, 9.17) is 14.3 Å². The highest BCUT2D eigenvalue weighted by Gasteiger charge is 2.14. The molecule has 0 fully saturated rings. The van der Waals surface area contributed by atoms with Gasteiger partial charge in [-0.2, -0.15) is 0 Å². The minimum absolute atomic E-state index is 0.0650. The number of furan rings is 1. The van der Waals surface area contributed by atoms with Gasteiger partial charge in [-0.3, -0.25) is 0 Å². The Balaban J connectivity index is 2.17. The number of carboxylic acid groups (broad SMARTS) is 1. The first kappa shape index (κ1) is 14.7. The van der Waals surface area contributed by atoms with Crippen LogP contribution in [0.25, 0.3) is 0 Å². The zero-order valence-electron chi connectivity index (χ0n) is 11.5. The number of benzene rings is 1. The summed E-state index contributed by atoms with van der Waals surface area (Å²) >= 11 is 3.47. The number of aryl methyl sites for hydroxylation is 3. The van der Waals surface area contributed by atoms with E-state index in [0.29, 0.717) is 5.76 Å². The Morgan fingerprint density at radius 3 is 2.55 bits per heavy atom. The maximum Gasteiger partial charge on any atom is 0.371 e. The van der Waals surface area contributed by atoms with Crippen molar-refractivity contribution in [3.05, 3.63) is 50.9 Å². The van der Waals surface area contributed by atoms with Gasteiger partial charge in [0.1, 0.15) is 18.1 Å². The Morgan fingerprint density at radius 1 is 1.25 bits per heavy atom. The number of aromatic carboxylic acids is 1. The molecule has 1 heterocycles.